The highest BCUT2D eigenvalue weighted by atomic mass is 19.4. The predicted molar refractivity (Wildman–Crippen MR) is 52.7 cm³/mol. The third-order valence-corrected chi connectivity index (χ3v) is 2.15. The van der Waals surface area contributed by atoms with E-state index in [2.05, 4.69) is 4.98 Å². The average molecular weight is 217 g/mol. The Labute approximate surface area is 87.3 Å². The normalized spacial score (nSPS) is 13.0. The molecule has 0 aliphatic carbocycles. The standard InChI is InChI=1S/C11H14F3N/c1-7-5-6-15-9(10(2,3)4)8(7)11(12,13)14/h5-6H,1-4H3. The van der Waals surface area contributed by atoms with Crippen molar-refractivity contribution in [1.82, 2.24) is 4.98 Å². The molecule has 0 aliphatic heterocycles. The van der Waals surface area contributed by atoms with Crippen LogP contribution >= 0.6 is 0 Å². The highest BCUT2D eigenvalue weighted by Crippen LogP contribution is 2.37. The number of nitrogens with zero attached hydrogens (tertiary/aromatic N) is 1. The van der Waals surface area contributed by atoms with Gasteiger partial charge in [-0.3, -0.25) is 4.98 Å². The SMILES string of the molecule is Cc1ccnc(C(C)(C)C)c1C(F)(F)F. The van der Waals surface area contributed by atoms with Crippen molar-refractivity contribution < 1.29 is 13.2 Å². The van der Waals surface area contributed by atoms with Crippen molar-refractivity contribution >= 4 is 0 Å². The third-order valence-electron chi connectivity index (χ3n) is 2.15. The Morgan fingerprint density at radius 3 is 2.00 bits per heavy atom. The van der Waals surface area contributed by atoms with Gasteiger partial charge in [0, 0.05) is 11.6 Å². The van der Waals surface area contributed by atoms with Crippen molar-refractivity contribution in [3.63, 3.8) is 0 Å². The largest absolute Gasteiger partial charge is 0.418 e. The third kappa shape index (κ3) is 2.49. The van der Waals surface area contributed by atoms with Crippen LogP contribution in [0.4, 0.5) is 13.2 Å². The van der Waals surface area contributed by atoms with E-state index < -0.39 is 17.2 Å². The molecule has 1 nitrogen and oxygen atoms in total. The van der Waals surface area contributed by atoms with Gasteiger partial charge < -0.3 is 0 Å². The summed E-state index contributed by atoms with van der Waals surface area (Å²) in [6.07, 6.45) is -2.91. The minimum atomic E-state index is -4.33. The summed E-state index contributed by atoms with van der Waals surface area (Å²) in [7, 11) is 0. The van der Waals surface area contributed by atoms with Gasteiger partial charge in [0.15, 0.2) is 0 Å². The first-order valence-corrected chi connectivity index (χ1v) is 4.67. The zero-order valence-electron chi connectivity index (χ0n) is 9.24. The van der Waals surface area contributed by atoms with Crippen molar-refractivity contribution in [2.45, 2.75) is 39.3 Å². The molecule has 0 spiro atoms. The minimum Gasteiger partial charge on any atom is -0.260 e. The maximum absolute atomic E-state index is 12.8. The zero-order valence-corrected chi connectivity index (χ0v) is 9.24. The molecule has 0 N–H and O–H groups in total. The van der Waals surface area contributed by atoms with Crippen LogP contribution in [0.3, 0.4) is 0 Å². The fraction of sp³-hybridized carbons (Fsp3) is 0.545. The molecular weight excluding hydrogens is 203 g/mol. The Morgan fingerprint density at radius 2 is 1.67 bits per heavy atom. The van der Waals surface area contributed by atoms with Gasteiger partial charge in [0.1, 0.15) is 0 Å². The van der Waals surface area contributed by atoms with Gasteiger partial charge in [-0.25, -0.2) is 0 Å². The van der Waals surface area contributed by atoms with Crippen LogP contribution in [0, 0.1) is 6.92 Å². The Bertz CT molecular complexity index is 361. The molecule has 1 aromatic heterocycles. The summed E-state index contributed by atoms with van der Waals surface area (Å²) in [5.74, 6) is 0. The molecule has 0 aromatic carbocycles. The minimum absolute atomic E-state index is 0.106. The molecule has 15 heavy (non-hydrogen) atoms. The summed E-state index contributed by atoms with van der Waals surface area (Å²) in [5.41, 5.74) is -0.869. The van der Waals surface area contributed by atoms with E-state index in [1.165, 1.54) is 19.2 Å². The molecule has 0 amide bonds. The summed E-state index contributed by atoms with van der Waals surface area (Å²) in [5, 5.41) is 0. The highest BCUT2D eigenvalue weighted by molar-refractivity contribution is 5.35. The molecule has 0 unspecified atom stereocenters. The summed E-state index contributed by atoms with van der Waals surface area (Å²) in [4.78, 5) is 3.86. The molecule has 1 aromatic rings. The molecule has 0 aliphatic rings. The number of hydrogen-bond donors (Lipinski definition) is 0. The van der Waals surface area contributed by atoms with Crippen molar-refractivity contribution in [3.05, 3.63) is 29.1 Å². The fourth-order valence-corrected chi connectivity index (χ4v) is 1.48. The molecule has 0 saturated heterocycles. The van der Waals surface area contributed by atoms with Crippen LogP contribution in [0.2, 0.25) is 0 Å². The molecule has 0 atom stereocenters. The smallest absolute Gasteiger partial charge is 0.260 e. The van der Waals surface area contributed by atoms with Crippen LogP contribution in [0.1, 0.15) is 37.6 Å². The predicted octanol–water partition coefficient (Wildman–Crippen LogP) is 3.71. The molecule has 0 radical (unpaired) electrons. The van der Waals surface area contributed by atoms with Gasteiger partial charge in [-0.05, 0) is 18.6 Å². The van der Waals surface area contributed by atoms with E-state index >= 15 is 0 Å². The van der Waals surface area contributed by atoms with E-state index in [0.717, 1.165) is 0 Å². The fourth-order valence-electron chi connectivity index (χ4n) is 1.48. The van der Waals surface area contributed by atoms with Gasteiger partial charge in [-0.2, -0.15) is 13.2 Å². The second-order valence-corrected chi connectivity index (χ2v) is 4.60. The Hall–Kier alpha value is -1.06. The summed E-state index contributed by atoms with van der Waals surface area (Å²) in [6.45, 7) is 6.64. The first kappa shape index (κ1) is 12.0. The van der Waals surface area contributed by atoms with Crippen LogP contribution in [-0.4, -0.2) is 4.98 Å². The van der Waals surface area contributed by atoms with E-state index in [0.29, 0.717) is 0 Å². The number of aryl methyl sites for hydroxylation is 1. The number of rotatable bonds is 0. The van der Waals surface area contributed by atoms with E-state index in [9.17, 15) is 13.2 Å². The molecule has 0 saturated carbocycles. The zero-order chi connectivity index (χ0) is 11.9. The lowest BCUT2D eigenvalue weighted by Gasteiger charge is -2.23. The molecule has 1 rings (SSSR count). The first-order chi connectivity index (χ1) is 6.64. The van der Waals surface area contributed by atoms with Crippen molar-refractivity contribution in [1.29, 1.82) is 0 Å². The van der Waals surface area contributed by atoms with Crippen molar-refractivity contribution in [2.24, 2.45) is 0 Å². The van der Waals surface area contributed by atoms with Crippen LogP contribution in [0.5, 0.6) is 0 Å². The first-order valence-electron chi connectivity index (χ1n) is 4.67. The van der Waals surface area contributed by atoms with E-state index in [-0.39, 0.29) is 11.3 Å². The molecule has 1 heterocycles. The van der Waals surface area contributed by atoms with Crippen LogP contribution in [0.25, 0.3) is 0 Å². The molecule has 0 fully saturated rings. The van der Waals surface area contributed by atoms with Gasteiger partial charge in [0.2, 0.25) is 0 Å². The highest BCUT2D eigenvalue weighted by Gasteiger charge is 2.38. The summed E-state index contributed by atoms with van der Waals surface area (Å²) >= 11 is 0. The van der Waals surface area contributed by atoms with Crippen LogP contribution < -0.4 is 0 Å². The van der Waals surface area contributed by atoms with Gasteiger partial charge in [0.05, 0.1) is 11.3 Å². The molecule has 84 valence electrons. The van der Waals surface area contributed by atoms with Crippen molar-refractivity contribution in [2.75, 3.05) is 0 Å². The van der Waals surface area contributed by atoms with Gasteiger partial charge in [0.25, 0.3) is 0 Å². The van der Waals surface area contributed by atoms with E-state index in [1.54, 1.807) is 20.8 Å². The van der Waals surface area contributed by atoms with Crippen molar-refractivity contribution in [3.8, 4) is 0 Å². The van der Waals surface area contributed by atoms with Gasteiger partial charge >= 0.3 is 6.18 Å². The average Bonchev–Trinajstić information content (AvgIpc) is 1.99. The summed E-state index contributed by atoms with van der Waals surface area (Å²) in [6, 6.07) is 1.39. The maximum atomic E-state index is 12.8. The lowest BCUT2D eigenvalue weighted by Crippen LogP contribution is -2.22. The van der Waals surface area contributed by atoms with E-state index in [4.69, 9.17) is 0 Å². The second-order valence-electron chi connectivity index (χ2n) is 4.60. The Kier molecular flexibility index (Phi) is 2.81. The van der Waals surface area contributed by atoms with Gasteiger partial charge in [-0.1, -0.05) is 20.8 Å². The quantitative estimate of drug-likeness (QED) is 0.645. The molecule has 0 bridgehead atoms. The molecular formula is C11H14F3N. The van der Waals surface area contributed by atoms with Gasteiger partial charge in [-0.15, -0.1) is 0 Å². The lowest BCUT2D eigenvalue weighted by molar-refractivity contribution is -0.139. The lowest BCUT2D eigenvalue weighted by atomic mass is 9.86. The topological polar surface area (TPSA) is 12.9 Å². The van der Waals surface area contributed by atoms with Crippen LogP contribution in [0.15, 0.2) is 12.3 Å². The number of alkyl halides is 3. The Balaban J connectivity index is 3.48. The molecule has 4 heteroatoms. The number of pyridine rings is 1. The monoisotopic (exact) mass is 217 g/mol. The summed E-state index contributed by atoms with van der Waals surface area (Å²) < 4.78 is 38.4. The number of hydrogen-bond acceptors (Lipinski definition) is 1. The van der Waals surface area contributed by atoms with E-state index in [1.807, 2.05) is 0 Å². The maximum Gasteiger partial charge on any atom is 0.418 e. The van der Waals surface area contributed by atoms with Crippen LogP contribution in [-0.2, 0) is 11.6 Å². The number of aromatic nitrogens is 1. The number of halogens is 3. The Morgan fingerprint density at radius 1 is 1.13 bits per heavy atom. The second kappa shape index (κ2) is 3.51.